The molecule has 0 radical (unpaired) electrons. The van der Waals surface area contributed by atoms with Crippen molar-refractivity contribution < 1.29 is 53.4 Å². The molecule has 1 rings (SSSR count). The van der Waals surface area contributed by atoms with Gasteiger partial charge in [-0.25, -0.2) is 0 Å². The van der Waals surface area contributed by atoms with Gasteiger partial charge in [0.2, 0.25) is 41.4 Å². The van der Waals surface area contributed by atoms with Crippen LogP contribution in [0.2, 0.25) is 0 Å². The van der Waals surface area contributed by atoms with E-state index in [0.29, 0.717) is 12.0 Å². The van der Waals surface area contributed by atoms with Gasteiger partial charge in [-0.2, -0.15) is 0 Å². The molecule has 0 saturated carbocycles. The minimum absolute atomic E-state index is 0.0205. The van der Waals surface area contributed by atoms with Crippen molar-refractivity contribution in [1.29, 1.82) is 0 Å². The van der Waals surface area contributed by atoms with E-state index in [0.717, 1.165) is 0 Å². The summed E-state index contributed by atoms with van der Waals surface area (Å²) >= 11 is 0. The highest BCUT2D eigenvalue weighted by Crippen LogP contribution is 2.13. The van der Waals surface area contributed by atoms with E-state index in [1.54, 1.807) is 71.9 Å². The second-order valence-electron chi connectivity index (χ2n) is 16.0. The number of aliphatic imine (C=N–C) groups is 1. The van der Waals surface area contributed by atoms with E-state index in [1.165, 1.54) is 0 Å². The fraction of sp³-hybridized carbons (Fsp3) is 0.610. The molecule has 7 amide bonds. The molecule has 0 aliphatic heterocycles. The minimum atomic E-state index is -1.72. The van der Waals surface area contributed by atoms with Crippen molar-refractivity contribution in [2.75, 3.05) is 19.6 Å². The Morgan fingerprint density at radius 3 is 1.67 bits per heavy atom. The molecule has 0 unspecified atom stereocenters. The summed E-state index contributed by atoms with van der Waals surface area (Å²) in [5.41, 5.74) is 17.0. The lowest BCUT2D eigenvalue weighted by Gasteiger charge is -2.30. The highest BCUT2D eigenvalue weighted by Gasteiger charge is 2.36. The lowest BCUT2D eigenvalue weighted by Crippen LogP contribution is -2.61. The van der Waals surface area contributed by atoms with Crippen molar-refractivity contribution in [2.45, 2.75) is 123 Å². The first-order valence-corrected chi connectivity index (χ1v) is 20.9. The van der Waals surface area contributed by atoms with Crippen LogP contribution in [0.5, 0.6) is 0 Å². The number of carboxylic acids is 2. The first-order valence-electron chi connectivity index (χ1n) is 20.9. The van der Waals surface area contributed by atoms with E-state index < -0.39 is 115 Å². The summed E-state index contributed by atoms with van der Waals surface area (Å²) < 4.78 is 0. The summed E-state index contributed by atoms with van der Waals surface area (Å²) in [4.78, 5) is 121. The van der Waals surface area contributed by atoms with E-state index in [1.807, 2.05) is 0 Å². The van der Waals surface area contributed by atoms with Gasteiger partial charge in [0.05, 0.1) is 13.0 Å². The molecule has 63 heavy (non-hydrogen) atoms. The van der Waals surface area contributed by atoms with Crippen LogP contribution in [0.15, 0.2) is 35.3 Å². The maximum atomic E-state index is 14.2. The van der Waals surface area contributed by atoms with E-state index in [2.05, 4.69) is 42.2 Å². The molecule has 0 aliphatic carbocycles. The number of carboxylic acid groups (broad SMARTS) is 2. The molecule has 0 bridgehead atoms. The monoisotopic (exact) mass is 890 g/mol. The van der Waals surface area contributed by atoms with E-state index >= 15 is 0 Å². The SMILES string of the molecule is CC[C@H](C)[C@H](NC(=O)[C@H](CCCN=C(N)N)NC(=O)[C@H](CC(=O)O)NC(=O)[C@H](CC(C)C)NC(=O)CN)C(=O)N[C@@H](Cc1ccccc1)C(=O)N[C@@H](CC(C)C)C(=O)NCC(=O)O. The Hall–Kier alpha value is -6.32. The molecule has 22 heteroatoms. The summed E-state index contributed by atoms with van der Waals surface area (Å²) in [7, 11) is 0. The molecule has 0 fully saturated rings. The molecular formula is C41H67N11O11. The van der Waals surface area contributed by atoms with Gasteiger partial charge >= 0.3 is 11.9 Å². The normalized spacial score (nSPS) is 14.3. The molecule has 0 saturated heterocycles. The van der Waals surface area contributed by atoms with Gasteiger partial charge in [-0.05, 0) is 49.0 Å². The van der Waals surface area contributed by atoms with Crippen molar-refractivity contribution in [2.24, 2.45) is 39.9 Å². The number of benzene rings is 1. The van der Waals surface area contributed by atoms with Gasteiger partial charge in [-0.15, -0.1) is 0 Å². The number of carbonyl (C=O) groups is 9. The number of guanidine groups is 1. The summed E-state index contributed by atoms with van der Waals surface area (Å²) in [5, 5.41) is 36.3. The first-order chi connectivity index (χ1) is 29.6. The summed E-state index contributed by atoms with van der Waals surface area (Å²) in [6.07, 6.45) is -0.334. The van der Waals surface area contributed by atoms with Gasteiger partial charge in [-0.1, -0.05) is 78.3 Å². The topological polar surface area (TPSA) is 369 Å². The van der Waals surface area contributed by atoms with Crippen molar-refractivity contribution in [3.05, 3.63) is 35.9 Å². The van der Waals surface area contributed by atoms with Crippen LogP contribution in [0.3, 0.4) is 0 Å². The van der Waals surface area contributed by atoms with E-state index in [-0.39, 0.29) is 56.4 Å². The largest absolute Gasteiger partial charge is 0.481 e. The Bertz CT molecular complexity index is 1740. The van der Waals surface area contributed by atoms with Crippen molar-refractivity contribution in [3.8, 4) is 0 Å². The molecule has 0 spiro atoms. The zero-order valence-corrected chi connectivity index (χ0v) is 36.9. The Labute approximate surface area is 367 Å². The van der Waals surface area contributed by atoms with Gasteiger partial charge < -0.3 is 64.6 Å². The van der Waals surface area contributed by atoms with Gasteiger partial charge in [0.15, 0.2) is 5.96 Å². The van der Waals surface area contributed by atoms with Crippen LogP contribution in [0.1, 0.15) is 85.6 Å². The van der Waals surface area contributed by atoms with Gasteiger partial charge in [0.25, 0.3) is 0 Å². The van der Waals surface area contributed by atoms with Gasteiger partial charge in [0, 0.05) is 13.0 Å². The Balaban J connectivity index is 3.54. The van der Waals surface area contributed by atoms with Crippen molar-refractivity contribution >= 4 is 59.2 Å². The molecule has 7 atom stereocenters. The van der Waals surface area contributed by atoms with Gasteiger partial charge in [-0.3, -0.25) is 48.1 Å². The quantitative estimate of drug-likeness (QED) is 0.0235. The van der Waals surface area contributed by atoms with Crippen LogP contribution >= 0.6 is 0 Å². The van der Waals surface area contributed by atoms with E-state index in [9.17, 15) is 48.3 Å². The molecule has 0 aliphatic rings. The van der Waals surface area contributed by atoms with Crippen LogP contribution in [0, 0.1) is 17.8 Å². The lowest BCUT2D eigenvalue weighted by atomic mass is 9.96. The van der Waals surface area contributed by atoms with Crippen LogP contribution in [-0.2, 0) is 49.6 Å². The minimum Gasteiger partial charge on any atom is -0.481 e. The Morgan fingerprint density at radius 2 is 1.14 bits per heavy atom. The second-order valence-corrected chi connectivity index (χ2v) is 16.0. The number of nitrogens with one attached hydrogen (secondary N) is 7. The highest BCUT2D eigenvalue weighted by atomic mass is 16.4. The molecule has 22 nitrogen and oxygen atoms in total. The lowest BCUT2D eigenvalue weighted by molar-refractivity contribution is -0.141. The number of rotatable bonds is 29. The standard InChI is InChI=1S/C41H67N11O11/c1-7-24(6)34(40(63)51-29(18-25-12-9-8-10-13-25)38(61)49-27(16-22(2)3)35(58)46-21-33(56)57)52-36(59)26(14-11-15-45-41(43)44)48-39(62)30(19-32(54)55)50-37(60)28(17-23(4)5)47-31(53)20-42/h8-10,12-13,22-24,26-30,34H,7,11,14-21,42H2,1-6H3,(H,46,58)(H,47,53)(H,48,62)(H,49,61)(H,50,60)(H,51,63)(H,52,59)(H,54,55)(H,56,57)(H4,43,44,45)/t24-,26-,27-,28-,29-,30-,34-/m0/s1. The van der Waals surface area contributed by atoms with Crippen LogP contribution in [-0.4, -0.2) is 125 Å². The van der Waals surface area contributed by atoms with E-state index in [4.69, 9.17) is 22.3 Å². The predicted molar refractivity (Wildman–Crippen MR) is 232 cm³/mol. The number of hydrogen-bond acceptors (Lipinski definition) is 11. The maximum Gasteiger partial charge on any atom is 0.322 e. The number of amides is 7. The average molecular weight is 890 g/mol. The van der Waals surface area contributed by atoms with Crippen LogP contribution in [0.4, 0.5) is 0 Å². The Morgan fingerprint density at radius 1 is 0.635 bits per heavy atom. The molecule has 15 N–H and O–H groups in total. The third-order valence-electron chi connectivity index (χ3n) is 9.60. The molecular weight excluding hydrogens is 823 g/mol. The Kier molecular flexibility index (Phi) is 24.6. The molecule has 0 heterocycles. The molecule has 0 aromatic heterocycles. The number of nitrogens with two attached hydrogens (primary N) is 3. The molecule has 1 aromatic rings. The maximum absolute atomic E-state index is 14.2. The van der Waals surface area contributed by atoms with Crippen LogP contribution in [0.25, 0.3) is 0 Å². The predicted octanol–water partition coefficient (Wildman–Crippen LogP) is -2.04. The smallest absolute Gasteiger partial charge is 0.322 e. The second kappa shape index (κ2) is 28.3. The number of hydrogen-bond donors (Lipinski definition) is 12. The summed E-state index contributed by atoms with van der Waals surface area (Å²) in [5.74, 6) is -9.50. The molecule has 352 valence electrons. The van der Waals surface area contributed by atoms with Crippen LogP contribution < -0.4 is 54.4 Å². The average Bonchev–Trinajstić information content (AvgIpc) is 3.20. The summed E-state index contributed by atoms with van der Waals surface area (Å²) in [6.45, 7) is 9.52. The zero-order chi connectivity index (χ0) is 47.8. The number of aliphatic carboxylic acids is 2. The number of nitrogens with zero attached hydrogens (tertiary/aromatic N) is 1. The fourth-order valence-electron chi connectivity index (χ4n) is 6.19. The number of carbonyl (C=O) groups excluding carboxylic acids is 7. The van der Waals surface area contributed by atoms with Gasteiger partial charge in [0.1, 0.15) is 42.8 Å². The fourth-order valence-corrected chi connectivity index (χ4v) is 6.19. The first kappa shape index (κ1) is 54.7. The van der Waals surface area contributed by atoms with Crippen molar-refractivity contribution in [1.82, 2.24) is 37.2 Å². The van der Waals surface area contributed by atoms with Crippen molar-refractivity contribution in [3.63, 3.8) is 0 Å². The third kappa shape index (κ3) is 21.9. The highest BCUT2D eigenvalue weighted by molar-refractivity contribution is 5.98. The summed E-state index contributed by atoms with van der Waals surface area (Å²) in [6, 6.07) is 0.583. The third-order valence-corrected chi connectivity index (χ3v) is 9.60. The zero-order valence-electron chi connectivity index (χ0n) is 36.9. The molecule has 1 aromatic carbocycles.